The first kappa shape index (κ1) is 14.6. The molecule has 0 saturated carbocycles. The summed E-state index contributed by atoms with van der Waals surface area (Å²) in [5, 5.41) is 3.48. The lowest BCUT2D eigenvalue weighted by atomic mass is 10.2. The minimum Gasteiger partial charge on any atom is -0.379 e. The molecule has 1 heterocycles. The van der Waals surface area contributed by atoms with Crippen LogP contribution in [0.5, 0.6) is 0 Å². The molecule has 0 spiro atoms. The van der Waals surface area contributed by atoms with Gasteiger partial charge in [-0.1, -0.05) is 12.1 Å². The SMILES string of the molecule is CC(C)n1cncc1CNc1cccc(CN(C)C)c1. The van der Waals surface area contributed by atoms with E-state index < -0.39 is 0 Å². The van der Waals surface area contributed by atoms with Gasteiger partial charge in [-0.15, -0.1) is 0 Å². The van der Waals surface area contributed by atoms with Crippen molar-refractivity contribution >= 4 is 5.69 Å². The van der Waals surface area contributed by atoms with E-state index in [-0.39, 0.29) is 0 Å². The molecule has 0 atom stereocenters. The van der Waals surface area contributed by atoms with E-state index >= 15 is 0 Å². The van der Waals surface area contributed by atoms with E-state index in [2.05, 4.69) is 72.0 Å². The second-order valence-corrected chi connectivity index (χ2v) is 5.68. The third-order valence-corrected chi connectivity index (χ3v) is 3.20. The number of aromatic nitrogens is 2. The highest BCUT2D eigenvalue weighted by Crippen LogP contribution is 2.14. The van der Waals surface area contributed by atoms with Gasteiger partial charge in [0, 0.05) is 24.5 Å². The summed E-state index contributed by atoms with van der Waals surface area (Å²) in [6.07, 6.45) is 3.82. The van der Waals surface area contributed by atoms with Crippen LogP contribution in [0.15, 0.2) is 36.8 Å². The smallest absolute Gasteiger partial charge is 0.0951 e. The van der Waals surface area contributed by atoms with Crippen molar-refractivity contribution in [2.24, 2.45) is 0 Å². The Kier molecular flexibility index (Phi) is 4.79. The number of benzene rings is 1. The maximum atomic E-state index is 4.23. The van der Waals surface area contributed by atoms with Gasteiger partial charge in [0.25, 0.3) is 0 Å². The van der Waals surface area contributed by atoms with E-state index in [0.717, 1.165) is 18.8 Å². The van der Waals surface area contributed by atoms with Crippen molar-refractivity contribution in [3.63, 3.8) is 0 Å². The quantitative estimate of drug-likeness (QED) is 0.877. The first-order valence-corrected chi connectivity index (χ1v) is 7.04. The predicted molar refractivity (Wildman–Crippen MR) is 83.8 cm³/mol. The van der Waals surface area contributed by atoms with Crippen molar-refractivity contribution in [3.05, 3.63) is 48.0 Å². The third-order valence-electron chi connectivity index (χ3n) is 3.20. The number of hydrogen-bond donors (Lipinski definition) is 1. The van der Waals surface area contributed by atoms with Gasteiger partial charge in [0.15, 0.2) is 0 Å². The Morgan fingerprint density at radius 3 is 2.80 bits per heavy atom. The van der Waals surface area contributed by atoms with Crippen molar-refractivity contribution in [2.75, 3.05) is 19.4 Å². The molecule has 1 aromatic carbocycles. The lowest BCUT2D eigenvalue weighted by Gasteiger charge is -2.14. The van der Waals surface area contributed by atoms with E-state index in [1.54, 1.807) is 0 Å². The molecule has 4 heteroatoms. The van der Waals surface area contributed by atoms with Crippen molar-refractivity contribution in [2.45, 2.75) is 33.0 Å². The largest absolute Gasteiger partial charge is 0.379 e. The molecule has 0 bridgehead atoms. The Hall–Kier alpha value is -1.81. The summed E-state index contributed by atoms with van der Waals surface area (Å²) >= 11 is 0. The molecule has 0 amide bonds. The Morgan fingerprint density at radius 2 is 2.10 bits per heavy atom. The minimum absolute atomic E-state index is 0.439. The monoisotopic (exact) mass is 272 g/mol. The zero-order valence-corrected chi connectivity index (χ0v) is 12.8. The lowest BCUT2D eigenvalue weighted by Crippen LogP contribution is -2.11. The third kappa shape index (κ3) is 3.84. The zero-order chi connectivity index (χ0) is 14.5. The number of rotatable bonds is 6. The first-order valence-electron chi connectivity index (χ1n) is 7.04. The second kappa shape index (κ2) is 6.57. The Bertz CT molecular complexity index is 543. The van der Waals surface area contributed by atoms with Gasteiger partial charge in [-0.3, -0.25) is 0 Å². The minimum atomic E-state index is 0.439. The number of anilines is 1. The van der Waals surface area contributed by atoms with Crippen LogP contribution in [0.1, 0.15) is 31.1 Å². The van der Waals surface area contributed by atoms with Crippen LogP contribution in [0.2, 0.25) is 0 Å². The van der Waals surface area contributed by atoms with Gasteiger partial charge < -0.3 is 14.8 Å². The Morgan fingerprint density at radius 1 is 1.30 bits per heavy atom. The average molecular weight is 272 g/mol. The van der Waals surface area contributed by atoms with Gasteiger partial charge >= 0.3 is 0 Å². The fraction of sp³-hybridized carbons (Fsp3) is 0.438. The molecule has 0 radical (unpaired) electrons. The fourth-order valence-corrected chi connectivity index (χ4v) is 2.27. The molecule has 1 aromatic heterocycles. The molecule has 0 aliphatic heterocycles. The number of nitrogens with zero attached hydrogens (tertiary/aromatic N) is 3. The number of hydrogen-bond acceptors (Lipinski definition) is 3. The molecule has 0 fully saturated rings. The van der Waals surface area contributed by atoms with Crippen molar-refractivity contribution < 1.29 is 0 Å². The summed E-state index contributed by atoms with van der Waals surface area (Å²) in [4.78, 5) is 6.40. The van der Waals surface area contributed by atoms with Gasteiger partial charge in [0.1, 0.15) is 0 Å². The molecular formula is C16H24N4. The fourth-order valence-electron chi connectivity index (χ4n) is 2.27. The van der Waals surface area contributed by atoms with E-state index in [9.17, 15) is 0 Å². The summed E-state index contributed by atoms with van der Waals surface area (Å²) in [5.74, 6) is 0. The molecule has 0 aliphatic carbocycles. The molecule has 2 aromatic rings. The van der Waals surface area contributed by atoms with Crippen LogP contribution in [0.25, 0.3) is 0 Å². The molecule has 2 rings (SSSR count). The highest BCUT2D eigenvalue weighted by Gasteiger charge is 2.05. The lowest BCUT2D eigenvalue weighted by molar-refractivity contribution is 0.402. The van der Waals surface area contributed by atoms with Crippen LogP contribution >= 0.6 is 0 Å². The standard InChI is InChI=1S/C16H24N4/c1-13(2)20-12-17-9-16(20)10-18-15-7-5-6-14(8-15)11-19(3)4/h5-9,12-13,18H,10-11H2,1-4H3. The molecule has 1 N–H and O–H groups in total. The van der Waals surface area contributed by atoms with Crippen molar-refractivity contribution in [1.82, 2.24) is 14.5 Å². The number of nitrogens with one attached hydrogen (secondary N) is 1. The molecule has 20 heavy (non-hydrogen) atoms. The van der Waals surface area contributed by atoms with Crippen LogP contribution in [-0.4, -0.2) is 28.5 Å². The van der Waals surface area contributed by atoms with Crippen molar-refractivity contribution in [1.29, 1.82) is 0 Å². The summed E-state index contributed by atoms with van der Waals surface area (Å²) in [5.41, 5.74) is 3.68. The predicted octanol–water partition coefficient (Wildman–Crippen LogP) is 3.14. The van der Waals surface area contributed by atoms with Gasteiger partial charge in [0.2, 0.25) is 0 Å². The van der Waals surface area contributed by atoms with E-state index in [4.69, 9.17) is 0 Å². The number of imidazole rings is 1. The van der Waals surface area contributed by atoms with Gasteiger partial charge in [-0.05, 0) is 45.6 Å². The van der Waals surface area contributed by atoms with Crippen LogP contribution in [-0.2, 0) is 13.1 Å². The normalized spacial score (nSPS) is 11.3. The molecule has 0 saturated heterocycles. The molecule has 4 nitrogen and oxygen atoms in total. The van der Waals surface area contributed by atoms with Gasteiger partial charge in [-0.25, -0.2) is 4.98 Å². The molecule has 0 unspecified atom stereocenters. The van der Waals surface area contributed by atoms with Crippen LogP contribution < -0.4 is 5.32 Å². The summed E-state index contributed by atoms with van der Waals surface area (Å²) < 4.78 is 2.19. The molecule has 0 aliphatic rings. The van der Waals surface area contributed by atoms with Crippen LogP contribution in [0.4, 0.5) is 5.69 Å². The van der Waals surface area contributed by atoms with Gasteiger partial charge in [0.05, 0.1) is 18.6 Å². The molecular weight excluding hydrogens is 248 g/mol. The van der Waals surface area contributed by atoms with Crippen molar-refractivity contribution in [3.8, 4) is 0 Å². The summed E-state index contributed by atoms with van der Waals surface area (Å²) in [6, 6.07) is 9.00. The van der Waals surface area contributed by atoms with E-state index in [0.29, 0.717) is 6.04 Å². The van der Waals surface area contributed by atoms with Gasteiger partial charge in [-0.2, -0.15) is 0 Å². The summed E-state index contributed by atoms with van der Waals surface area (Å²) in [7, 11) is 4.17. The Balaban J connectivity index is 2.01. The highest BCUT2D eigenvalue weighted by atomic mass is 15.1. The summed E-state index contributed by atoms with van der Waals surface area (Å²) in [6.45, 7) is 6.09. The highest BCUT2D eigenvalue weighted by molar-refractivity contribution is 5.45. The zero-order valence-electron chi connectivity index (χ0n) is 12.8. The maximum absolute atomic E-state index is 4.23. The maximum Gasteiger partial charge on any atom is 0.0951 e. The Labute approximate surface area is 121 Å². The molecule has 108 valence electrons. The average Bonchev–Trinajstić information content (AvgIpc) is 2.84. The second-order valence-electron chi connectivity index (χ2n) is 5.68. The van der Waals surface area contributed by atoms with E-state index in [1.807, 2.05) is 12.5 Å². The van der Waals surface area contributed by atoms with Crippen LogP contribution in [0, 0.1) is 0 Å². The first-order chi connectivity index (χ1) is 9.56. The topological polar surface area (TPSA) is 33.1 Å². The van der Waals surface area contributed by atoms with E-state index in [1.165, 1.54) is 11.3 Å². The van der Waals surface area contributed by atoms with Crippen LogP contribution in [0.3, 0.4) is 0 Å².